The number of carboxylic acids is 1. The molecule has 0 saturated carbocycles. The van der Waals surface area contributed by atoms with Gasteiger partial charge in [-0.2, -0.15) is 8.78 Å². The lowest BCUT2D eigenvalue weighted by Gasteiger charge is -2.11. The van der Waals surface area contributed by atoms with Crippen LogP contribution in [0.25, 0.3) is 0 Å². The third-order valence-corrected chi connectivity index (χ3v) is 2.95. The Morgan fingerprint density at radius 3 is 2.55 bits per heavy atom. The Kier molecular flexibility index (Phi) is 7.88. The number of hydrogen-bond donors (Lipinski definition) is 2. The second-order valence-corrected chi connectivity index (χ2v) is 4.69. The molecule has 0 aliphatic rings. The summed E-state index contributed by atoms with van der Waals surface area (Å²) >= 11 is 0. The lowest BCUT2D eigenvalue weighted by molar-refractivity contribution is -0.137. The fraction of sp³-hybridized carbons (Fsp3) is 0.467. The molecular weight excluding hydrogens is 296 g/mol. The van der Waals surface area contributed by atoms with Gasteiger partial charge < -0.3 is 15.2 Å². The summed E-state index contributed by atoms with van der Waals surface area (Å²) in [6.45, 7) is -2.58. The minimum atomic E-state index is -2.88. The van der Waals surface area contributed by atoms with Crippen molar-refractivity contribution in [2.75, 3.05) is 6.54 Å². The summed E-state index contributed by atoms with van der Waals surface area (Å²) in [6, 6.07) is 6.43. The third-order valence-electron chi connectivity index (χ3n) is 2.95. The van der Waals surface area contributed by atoms with Crippen LogP contribution >= 0.6 is 0 Å². The highest BCUT2D eigenvalue weighted by Crippen LogP contribution is 2.20. The molecule has 0 saturated heterocycles. The van der Waals surface area contributed by atoms with E-state index in [1.54, 1.807) is 18.2 Å². The number of benzene rings is 1. The smallest absolute Gasteiger partial charge is 0.387 e. The predicted molar refractivity (Wildman–Crippen MR) is 75.9 cm³/mol. The van der Waals surface area contributed by atoms with Crippen LogP contribution in [0, 0.1) is 0 Å². The van der Waals surface area contributed by atoms with Gasteiger partial charge in [-0.25, -0.2) is 0 Å². The van der Waals surface area contributed by atoms with Crippen molar-refractivity contribution >= 4 is 11.9 Å². The molecule has 2 N–H and O–H groups in total. The summed E-state index contributed by atoms with van der Waals surface area (Å²) in [5.74, 6) is -0.957. The number of halogens is 2. The third kappa shape index (κ3) is 7.56. The first-order chi connectivity index (χ1) is 10.5. The van der Waals surface area contributed by atoms with Gasteiger partial charge in [0.05, 0.1) is 0 Å². The summed E-state index contributed by atoms with van der Waals surface area (Å²) in [4.78, 5) is 21.8. The zero-order chi connectivity index (χ0) is 16.4. The van der Waals surface area contributed by atoms with E-state index < -0.39 is 12.6 Å². The molecule has 0 radical (unpaired) electrons. The van der Waals surface area contributed by atoms with Gasteiger partial charge >= 0.3 is 12.6 Å². The second kappa shape index (κ2) is 9.70. The Labute approximate surface area is 127 Å². The summed E-state index contributed by atoms with van der Waals surface area (Å²) < 4.78 is 28.9. The van der Waals surface area contributed by atoms with Crippen molar-refractivity contribution in [1.82, 2.24) is 5.32 Å². The normalized spacial score (nSPS) is 10.5. The number of amides is 1. The number of ether oxygens (including phenoxy) is 1. The SMILES string of the molecule is O=C(O)CCCCC(=O)NCCc1ccccc1OC(F)F. The molecule has 0 heterocycles. The van der Waals surface area contributed by atoms with Crippen molar-refractivity contribution in [1.29, 1.82) is 0 Å². The molecule has 1 aromatic rings. The van der Waals surface area contributed by atoms with E-state index in [9.17, 15) is 18.4 Å². The van der Waals surface area contributed by atoms with E-state index in [-0.39, 0.29) is 24.5 Å². The van der Waals surface area contributed by atoms with Crippen LogP contribution in [0.2, 0.25) is 0 Å². The van der Waals surface area contributed by atoms with E-state index in [1.165, 1.54) is 6.07 Å². The van der Waals surface area contributed by atoms with Crippen molar-refractivity contribution in [2.45, 2.75) is 38.7 Å². The van der Waals surface area contributed by atoms with Crippen LogP contribution in [0.3, 0.4) is 0 Å². The quantitative estimate of drug-likeness (QED) is 0.651. The molecule has 7 heteroatoms. The van der Waals surface area contributed by atoms with Gasteiger partial charge in [0.1, 0.15) is 5.75 Å². The summed E-state index contributed by atoms with van der Waals surface area (Å²) in [5, 5.41) is 11.1. The molecular formula is C15H19F2NO4. The number of aliphatic carboxylic acids is 1. The summed E-state index contributed by atoms with van der Waals surface area (Å²) in [7, 11) is 0. The molecule has 0 aromatic heterocycles. The predicted octanol–water partition coefficient (Wildman–Crippen LogP) is 2.59. The van der Waals surface area contributed by atoms with Gasteiger partial charge in [0, 0.05) is 19.4 Å². The van der Waals surface area contributed by atoms with Crippen LogP contribution in [-0.2, 0) is 16.0 Å². The molecule has 0 unspecified atom stereocenters. The fourth-order valence-corrected chi connectivity index (χ4v) is 1.91. The molecule has 1 aromatic carbocycles. The highest BCUT2D eigenvalue weighted by Gasteiger charge is 2.09. The number of carbonyl (C=O) groups is 2. The van der Waals surface area contributed by atoms with E-state index in [0.29, 0.717) is 31.4 Å². The number of nitrogens with one attached hydrogen (secondary N) is 1. The first kappa shape index (κ1) is 17.9. The van der Waals surface area contributed by atoms with Crippen molar-refractivity contribution in [3.05, 3.63) is 29.8 Å². The Hall–Kier alpha value is -2.18. The van der Waals surface area contributed by atoms with Crippen molar-refractivity contribution in [2.24, 2.45) is 0 Å². The molecule has 0 atom stereocenters. The van der Waals surface area contributed by atoms with Crippen LogP contribution in [0.5, 0.6) is 5.75 Å². The largest absolute Gasteiger partial charge is 0.481 e. The van der Waals surface area contributed by atoms with Gasteiger partial charge in [-0.3, -0.25) is 9.59 Å². The monoisotopic (exact) mass is 315 g/mol. The average molecular weight is 315 g/mol. The van der Waals surface area contributed by atoms with Gasteiger partial charge in [-0.1, -0.05) is 18.2 Å². The topological polar surface area (TPSA) is 75.6 Å². The van der Waals surface area contributed by atoms with Crippen molar-refractivity contribution in [3.8, 4) is 5.75 Å². The molecule has 5 nitrogen and oxygen atoms in total. The Morgan fingerprint density at radius 2 is 1.86 bits per heavy atom. The number of carbonyl (C=O) groups excluding carboxylic acids is 1. The number of hydrogen-bond acceptors (Lipinski definition) is 3. The van der Waals surface area contributed by atoms with Crippen molar-refractivity contribution < 1.29 is 28.2 Å². The van der Waals surface area contributed by atoms with Gasteiger partial charge in [0.2, 0.25) is 5.91 Å². The van der Waals surface area contributed by atoms with E-state index in [1.807, 2.05) is 0 Å². The number of alkyl halides is 2. The highest BCUT2D eigenvalue weighted by atomic mass is 19.3. The van der Waals surface area contributed by atoms with E-state index >= 15 is 0 Å². The number of para-hydroxylation sites is 1. The molecule has 1 amide bonds. The zero-order valence-electron chi connectivity index (χ0n) is 12.1. The van der Waals surface area contributed by atoms with Gasteiger partial charge in [0.25, 0.3) is 0 Å². The molecule has 0 aliphatic carbocycles. The van der Waals surface area contributed by atoms with Crippen LogP contribution in [0.15, 0.2) is 24.3 Å². The Balaban J connectivity index is 2.29. The first-order valence-electron chi connectivity index (χ1n) is 7.00. The molecule has 0 aliphatic heterocycles. The highest BCUT2D eigenvalue weighted by molar-refractivity contribution is 5.75. The summed E-state index contributed by atoms with van der Waals surface area (Å²) in [5.41, 5.74) is 0.592. The van der Waals surface area contributed by atoms with Crippen LogP contribution in [0.4, 0.5) is 8.78 Å². The number of unbranched alkanes of at least 4 members (excludes halogenated alkanes) is 1. The van der Waals surface area contributed by atoms with Gasteiger partial charge in [-0.15, -0.1) is 0 Å². The van der Waals surface area contributed by atoms with Crippen LogP contribution < -0.4 is 10.1 Å². The number of rotatable bonds is 10. The fourth-order valence-electron chi connectivity index (χ4n) is 1.91. The maximum atomic E-state index is 12.2. The standard InChI is InChI=1S/C15H19F2NO4/c16-15(17)22-12-6-2-1-5-11(12)9-10-18-13(19)7-3-4-8-14(20)21/h1-2,5-6,15H,3-4,7-10H2,(H,18,19)(H,20,21). The lowest BCUT2D eigenvalue weighted by Crippen LogP contribution is -2.25. The summed E-state index contributed by atoms with van der Waals surface area (Å²) in [6.07, 6.45) is 1.63. The number of carboxylic acid groups (broad SMARTS) is 1. The lowest BCUT2D eigenvalue weighted by atomic mass is 10.1. The molecule has 0 fully saturated rings. The van der Waals surface area contributed by atoms with Crippen molar-refractivity contribution in [3.63, 3.8) is 0 Å². The van der Waals surface area contributed by atoms with E-state index in [4.69, 9.17) is 5.11 Å². The molecule has 22 heavy (non-hydrogen) atoms. The zero-order valence-corrected chi connectivity index (χ0v) is 12.1. The molecule has 0 spiro atoms. The van der Waals surface area contributed by atoms with Gasteiger partial charge in [-0.05, 0) is 30.9 Å². The van der Waals surface area contributed by atoms with Crippen LogP contribution in [0.1, 0.15) is 31.2 Å². The van der Waals surface area contributed by atoms with E-state index in [2.05, 4.69) is 10.1 Å². The molecule has 0 bridgehead atoms. The average Bonchev–Trinajstić information content (AvgIpc) is 2.45. The maximum Gasteiger partial charge on any atom is 0.387 e. The Morgan fingerprint density at radius 1 is 1.18 bits per heavy atom. The molecule has 122 valence electrons. The maximum absolute atomic E-state index is 12.2. The minimum Gasteiger partial charge on any atom is -0.481 e. The van der Waals surface area contributed by atoms with Gasteiger partial charge in [0.15, 0.2) is 0 Å². The second-order valence-electron chi connectivity index (χ2n) is 4.69. The minimum absolute atomic E-state index is 0.0472. The van der Waals surface area contributed by atoms with Crippen LogP contribution in [-0.4, -0.2) is 30.1 Å². The van der Waals surface area contributed by atoms with E-state index in [0.717, 1.165) is 0 Å². The Bertz CT molecular complexity index is 494. The first-order valence-corrected chi connectivity index (χ1v) is 7.00. The molecule has 1 rings (SSSR count).